The molecule has 8 heteroatoms. The number of aryl methyl sites for hydroxylation is 1. The molecule has 4 aromatic rings. The van der Waals surface area contributed by atoms with Gasteiger partial charge in [0.15, 0.2) is 11.0 Å². The number of thioether (sulfide) groups is 1. The summed E-state index contributed by atoms with van der Waals surface area (Å²) in [5, 5.41) is 18.5. The highest BCUT2D eigenvalue weighted by Crippen LogP contribution is 2.28. The maximum atomic E-state index is 5.92. The van der Waals surface area contributed by atoms with Gasteiger partial charge in [-0.25, -0.2) is 0 Å². The molecule has 0 radical (unpaired) electrons. The van der Waals surface area contributed by atoms with E-state index >= 15 is 0 Å². The molecule has 0 aliphatic carbocycles. The second-order valence-electron chi connectivity index (χ2n) is 6.16. The Labute approximate surface area is 172 Å². The molecule has 0 N–H and O–H groups in total. The maximum absolute atomic E-state index is 5.92. The van der Waals surface area contributed by atoms with Crippen LogP contribution in [0.2, 0.25) is 5.02 Å². The normalized spacial score (nSPS) is 11.1. The Kier molecular flexibility index (Phi) is 5.45. The maximum Gasteiger partial charge on any atom is 0.247 e. The highest BCUT2D eigenvalue weighted by Gasteiger charge is 2.16. The molecule has 0 aliphatic rings. The van der Waals surface area contributed by atoms with Gasteiger partial charge in [0.05, 0.1) is 5.75 Å². The summed E-state index contributed by atoms with van der Waals surface area (Å²) in [6.07, 6.45) is 0. The molecule has 142 valence electrons. The van der Waals surface area contributed by atoms with Gasteiger partial charge >= 0.3 is 0 Å². The highest BCUT2D eigenvalue weighted by atomic mass is 35.5. The minimum atomic E-state index is 0.477. The molecule has 2 aromatic carbocycles. The predicted molar refractivity (Wildman–Crippen MR) is 110 cm³/mol. The van der Waals surface area contributed by atoms with E-state index in [1.165, 1.54) is 17.3 Å². The smallest absolute Gasteiger partial charge is 0.247 e. The first kappa shape index (κ1) is 18.7. The third-order valence-corrected chi connectivity index (χ3v) is 5.51. The molecule has 0 amide bonds. The summed E-state index contributed by atoms with van der Waals surface area (Å²) < 4.78 is 7.87. The molecule has 0 unspecified atom stereocenters. The van der Waals surface area contributed by atoms with Crippen molar-refractivity contribution in [3.8, 4) is 22.8 Å². The van der Waals surface area contributed by atoms with Gasteiger partial charge in [-0.05, 0) is 43.7 Å². The zero-order valence-electron chi connectivity index (χ0n) is 15.5. The van der Waals surface area contributed by atoms with Crippen molar-refractivity contribution in [1.29, 1.82) is 0 Å². The van der Waals surface area contributed by atoms with E-state index in [4.69, 9.17) is 16.0 Å². The van der Waals surface area contributed by atoms with Gasteiger partial charge in [0.2, 0.25) is 11.8 Å². The van der Waals surface area contributed by atoms with Crippen LogP contribution >= 0.6 is 23.4 Å². The Morgan fingerprint density at radius 3 is 2.54 bits per heavy atom. The summed E-state index contributed by atoms with van der Waals surface area (Å²) in [4.78, 5) is 0. The number of nitrogens with zero attached hydrogens (tertiary/aromatic N) is 5. The van der Waals surface area contributed by atoms with Gasteiger partial charge in [-0.2, -0.15) is 0 Å². The lowest BCUT2D eigenvalue weighted by molar-refractivity contribution is 0.528. The van der Waals surface area contributed by atoms with Crippen LogP contribution in [0.3, 0.4) is 0 Å². The molecule has 0 bridgehead atoms. The van der Waals surface area contributed by atoms with Gasteiger partial charge in [-0.15, -0.1) is 20.4 Å². The van der Waals surface area contributed by atoms with E-state index in [0.29, 0.717) is 22.6 Å². The molecule has 0 atom stereocenters. The Hall–Kier alpha value is -2.64. The lowest BCUT2D eigenvalue weighted by atomic mass is 10.1. The van der Waals surface area contributed by atoms with Crippen LogP contribution < -0.4 is 0 Å². The molecule has 0 aliphatic heterocycles. The van der Waals surface area contributed by atoms with E-state index in [1.807, 2.05) is 24.3 Å². The monoisotopic (exact) mass is 411 g/mol. The van der Waals surface area contributed by atoms with Crippen LogP contribution in [0, 0.1) is 6.92 Å². The van der Waals surface area contributed by atoms with E-state index in [1.54, 1.807) is 12.1 Å². The number of hydrogen-bond acceptors (Lipinski definition) is 6. The zero-order valence-corrected chi connectivity index (χ0v) is 17.0. The van der Waals surface area contributed by atoms with Crippen LogP contribution in [0.15, 0.2) is 58.1 Å². The molecule has 2 aromatic heterocycles. The standard InChI is InChI=1S/C20H18ClN5OS/c1-3-26-18(16-7-5-4-6-13(16)2)23-25-20(26)28-12-17-22-24-19(27-17)14-8-10-15(21)11-9-14/h4-11H,3,12H2,1-2H3. The number of halogens is 1. The van der Waals surface area contributed by atoms with Crippen LogP contribution in [0.1, 0.15) is 18.4 Å². The largest absolute Gasteiger partial charge is 0.420 e. The van der Waals surface area contributed by atoms with Crippen LogP contribution in [0.4, 0.5) is 0 Å². The first-order valence-corrected chi connectivity index (χ1v) is 10.2. The fourth-order valence-corrected chi connectivity index (χ4v) is 3.82. The zero-order chi connectivity index (χ0) is 19.5. The lowest BCUT2D eigenvalue weighted by Crippen LogP contribution is -2.00. The van der Waals surface area contributed by atoms with Crippen LogP contribution in [0.25, 0.3) is 22.8 Å². The molecule has 28 heavy (non-hydrogen) atoms. The predicted octanol–water partition coefficient (Wildman–Crippen LogP) is 5.27. The summed E-state index contributed by atoms with van der Waals surface area (Å²) in [6, 6.07) is 15.5. The SMILES string of the molecule is CCn1c(SCc2nnc(-c3ccc(Cl)cc3)o2)nnc1-c1ccccc1C. The highest BCUT2D eigenvalue weighted by molar-refractivity contribution is 7.98. The fraction of sp³-hybridized carbons (Fsp3) is 0.200. The van der Waals surface area contributed by atoms with Crippen molar-refractivity contribution in [2.45, 2.75) is 31.3 Å². The van der Waals surface area contributed by atoms with Crippen molar-refractivity contribution in [2.75, 3.05) is 0 Å². The van der Waals surface area contributed by atoms with Gasteiger partial charge in [-0.1, -0.05) is 47.6 Å². The topological polar surface area (TPSA) is 69.6 Å². The quantitative estimate of drug-likeness (QED) is 0.402. The summed E-state index contributed by atoms with van der Waals surface area (Å²) in [5.41, 5.74) is 3.10. The number of benzene rings is 2. The molecule has 2 heterocycles. The Morgan fingerprint density at radius 2 is 1.79 bits per heavy atom. The van der Waals surface area contributed by atoms with E-state index in [2.05, 4.69) is 50.9 Å². The van der Waals surface area contributed by atoms with Crippen molar-refractivity contribution in [3.63, 3.8) is 0 Å². The van der Waals surface area contributed by atoms with Gasteiger partial charge in [0.25, 0.3) is 0 Å². The third-order valence-electron chi connectivity index (χ3n) is 4.30. The summed E-state index contributed by atoms with van der Waals surface area (Å²) in [6.45, 7) is 4.94. The molecule has 0 saturated heterocycles. The Morgan fingerprint density at radius 1 is 1.00 bits per heavy atom. The molecular formula is C20H18ClN5OS. The second-order valence-corrected chi connectivity index (χ2v) is 7.54. The first-order chi connectivity index (χ1) is 13.7. The number of rotatable bonds is 6. The Balaban J connectivity index is 1.52. The van der Waals surface area contributed by atoms with E-state index < -0.39 is 0 Å². The van der Waals surface area contributed by atoms with Gasteiger partial charge in [0, 0.05) is 22.7 Å². The number of hydrogen-bond donors (Lipinski definition) is 0. The van der Waals surface area contributed by atoms with Crippen molar-refractivity contribution in [1.82, 2.24) is 25.0 Å². The average molecular weight is 412 g/mol. The van der Waals surface area contributed by atoms with Crippen molar-refractivity contribution >= 4 is 23.4 Å². The number of aromatic nitrogens is 5. The molecule has 0 saturated carbocycles. The first-order valence-electron chi connectivity index (χ1n) is 8.86. The van der Waals surface area contributed by atoms with Crippen molar-refractivity contribution in [2.24, 2.45) is 0 Å². The molecular weight excluding hydrogens is 394 g/mol. The second kappa shape index (κ2) is 8.16. The minimum Gasteiger partial charge on any atom is -0.420 e. The van der Waals surface area contributed by atoms with Crippen LogP contribution in [-0.4, -0.2) is 25.0 Å². The minimum absolute atomic E-state index is 0.477. The summed E-state index contributed by atoms with van der Waals surface area (Å²) in [7, 11) is 0. The molecule has 0 spiro atoms. The van der Waals surface area contributed by atoms with E-state index in [0.717, 1.165) is 28.7 Å². The summed E-state index contributed by atoms with van der Waals surface area (Å²) in [5.74, 6) is 2.41. The molecule has 4 rings (SSSR count). The van der Waals surface area contributed by atoms with Gasteiger partial charge in [-0.3, -0.25) is 0 Å². The Bertz CT molecular complexity index is 1090. The molecule has 0 fully saturated rings. The van der Waals surface area contributed by atoms with E-state index in [9.17, 15) is 0 Å². The average Bonchev–Trinajstić information content (AvgIpc) is 3.34. The van der Waals surface area contributed by atoms with Gasteiger partial charge < -0.3 is 8.98 Å². The van der Waals surface area contributed by atoms with Crippen molar-refractivity contribution < 1.29 is 4.42 Å². The van der Waals surface area contributed by atoms with Crippen molar-refractivity contribution in [3.05, 3.63) is 65.0 Å². The lowest BCUT2D eigenvalue weighted by Gasteiger charge is -2.08. The third kappa shape index (κ3) is 3.81. The summed E-state index contributed by atoms with van der Waals surface area (Å²) >= 11 is 7.45. The van der Waals surface area contributed by atoms with Crippen LogP contribution in [-0.2, 0) is 12.3 Å². The van der Waals surface area contributed by atoms with Gasteiger partial charge in [0.1, 0.15) is 0 Å². The fourth-order valence-electron chi connectivity index (χ4n) is 2.85. The van der Waals surface area contributed by atoms with Crippen LogP contribution in [0.5, 0.6) is 0 Å². The molecule has 6 nitrogen and oxygen atoms in total. The van der Waals surface area contributed by atoms with E-state index in [-0.39, 0.29) is 0 Å².